The molecule has 2 radical (unpaired) electrons. The zero-order valence-electron chi connectivity index (χ0n) is 30.1. The molecule has 25 heteroatoms. The van der Waals surface area contributed by atoms with E-state index in [1.54, 1.807) is 36.7 Å². The second-order valence-corrected chi connectivity index (χ2v) is 13.3. The number of hydrogen-bond acceptors (Lipinski definition) is 14. The summed E-state index contributed by atoms with van der Waals surface area (Å²) in [6.07, 6.45) is 12.8. The van der Waals surface area contributed by atoms with Crippen molar-refractivity contribution in [2.24, 2.45) is 0 Å². The Bertz CT molecular complexity index is 2200. The summed E-state index contributed by atoms with van der Waals surface area (Å²) in [5.41, 5.74) is 6.87. The Kier molecular flexibility index (Phi) is 40.6. The Labute approximate surface area is 466 Å². The molecule has 3 heterocycles. The molecule has 0 amide bonds. The van der Waals surface area contributed by atoms with E-state index in [4.69, 9.17) is 33.6 Å². The number of H-pyrrole nitrogens is 1. The maximum absolute atomic E-state index is 12.1. The molecule has 3 aromatic heterocycles. The average molecular weight is 1190 g/mol. The Balaban J connectivity index is -0.000000208. The van der Waals surface area contributed by atoms with Crippen LogP contribution in [-0.2, 0) is 9.68 Å². The van der Waals surface area contributed by atoms with E-state index in [2.05, 4.69) is 24.8 Å². The summed E-state index contributed by atoms with van der Waals surface area (Å²) in [5, 5.41) is 28.9. The van der Waals surface area contributed by atoms with Gasteiger partial charge in [-0.05, 0) is 48.5 Å². The molecule has 0 unspecified atom stereocenters. The number of nitrogen functional groups attached to an aromatic ring is 1. The normalized spacial score (nSPS) is 8.48. The van der Waals surface area contributed by atoms with Crippen molar-refractivity contribution in [3.05, 3.63) is 186 Å². The van der Waals surface area contributed by atoms with Crippen LogP contribution in [0.5, 0.6) is 0 Å². The van der Waals surface area contributed by atoms with E-state index in [0.717, 1.165) is 30.0 Å². The van der Waals surface area contributed by atoms with Gasteiger partial charge in [0.1, 0.15) is 5.82 Å². The van der Waals surface area contributed by atoms with Gasteiger partial charge in [0, 0.05) is 78.5 Å². The first-order valence-electron chi connectivity index (χ1n) is 14.1. The number of benzene rings is 3. The quantitative estimate of drug-likeness (QED) is 0.0486. The second kappa shape index (κ2) is 37.7. The number of nitro benzene ring substituents is 2. The molecule has 6 aromatic rings. The van der Waals surface area contributed by atoms with Crippen molar-refractivity contribution in [3.8, 4) is 11.4 Å². The average Bonchev–Trinajstić information content (AvgIpc) is 3.17. The van der Waals surface area contributed by atoms with Gasteiger partial charge in [-0.1, -0.05) is 14.9 Å². The third-order valence-electron chi connectivity index (χ3n) is 5.61. The van der Waals surface area contributed by atoms with Gasteiger partial charge in [-0.25, -0.2) is 4.39 Å². The largest absolute Gasteiger partial charge is 1.00 e. The monoisotopic (exact) mass is 1190 g/mol. The first-order valence-corrected chi connectivity index (χ1v) is 21.3. The fraction of sp³-hybridized carbons (Fsp3) is 0.0606. The number of nitrogens with two attached hydrogens (primary N) is 1. The third kappa shape index (κ3) is 26.8. The van der Waals surface area contributed by atoms with Gasteiger partial charge in [-0.3, -0.25) is 63.5 Å². The summed E-state index contributed by atoms with van der Waals surface area (Å²) >= 11 is -0.826. The van der Waals surface area contributed by atoms with Crippen molar-refractivity contribution in [2.75, 3.05) is 5.73 Å². The molecule has 19 nitrogen and oxygen atoms in total. The number of aromatic amines is 1. The minimum atomic E-state index is -0.826. The van der Waals surface area contributed by atoms with E-state index < -0.39 is 34.6 Å². The van der Waals surface area contributed by atoms with Gasteiger partial charge >= 0.3 is 175 Å². The second-order valence-electron chi connectivity index (χ2n) is 9.03. The maximum atomic E-state index is 12.1. The fourth-order valence-corrected chi connectivity index (χ4v) is 3.36. The first kappa shape index (κ1) is 62.4. The van der Waals surface area contributed by atoms with Crippen LogP contribution >= 0.6 is 17.8 Å². The van der Waals surface area contributed by atoms with E-state index in [1.165, 1.54) is 76.8 Å². The number of nitrogens with zero attached hydrogens (tertiary/aromatic N) is 7. The summed E-state index contributed by atoms with van der Waals surface area (Å²) < 4.78 is 15.0. The number of nitro groups is 2. The van der Waals surface area contributed by atoms with Gasteiger partial charge in [0.05, 0.1) is 28.4 Å². The Morgan fingerprint density at radius 2 is 1.10 bits per heavy atom. The number of hydrogen-bond donors (Lipinski definition) is 2. The number of carbonyl (C=O) groups is 1. The predicted octanol–water partition coefficient (Wildman–Crippen LogP) is -1.72. The molecule has 0 fully saturated rings. The van der Waals surface area contributed by atoms with Crippen molar-refractivity contribution in [1.82, 2.24) is 29.1 Å². The van der Waals surface area contributed by atoms with E-state index in [9.17, 15) is 39.0 Å². The SMILES string of the molecule is C.C.Nc1ccc(-n2ccncc2=O)cc1.O=CO[O-].O=[N+]([O-])c1ccc(F)cc1.O=c1cncc[nH]1.O=c1cnccn1-c1ccc([N+](=O)[O-])cc1.[Cl][Sn][Cl].[Cs+].[Cs+].[H-]. The number of anilines is 1. The van der Waals surface area contributed by atoms with E-state index in [0.29, 0.717) is 11.4 Å². The molecule has 0 saturated carbocycles. The maximum Gasteiger partial charge on any atom is 1.00 e. The summed E-state index contributed by atoms with van der Waals surface area (Å²) in [5.74, 6) is -0.467. The van der Waals surface area contributed by atoms with Crippen molar-refractivity contribution in [3.63, 3.8) is 0 Å². The molecule has 0 saturated heterocycles. The van der Waals surface area contributed by atoms with Gasteiger partial charge in [-0.2, -0.15) is 0 Å². The van der Waals surface area contributed by atoms with Gasteiger partial charge in [0.25, 0.3) is 34.5 Å². The zero-order chi connectivity index (χ0) is 40.3. The summed E-state index contributed by atoms with van der Waals surface area (Å²) in [6.45, 7) is -0.181. The predicted molar refractivity (Wildman–Crippen MR) is 208 cm³/mol. The molecular formula is C33H34Cl2Cs2FN9O10Sn. The number of nitrogens with one attached hydrogen (secondary N) is 1. The van der Waals surface area contributed by atoms with Crippen LogP contribution in [-0.4, -0.2) is 64.3 Å². The van der Waals surface area contributed by atoms with Crippen molar-refractivity contribution >= 4 is 60.3 Å². The Morgan fingerprint density at radius 3 is 1.40 bits per heavy atom. The summed E-state index contributed by atoms with van der Waals surface area (Å²) in [6, 6.07) is 17.2. The minimum Gasteiger partial charge on any atom is -1.00 e. The van der Waals surface area contributed by atoms with Crippen LogP contribution in [0.2, 0.25) is 0 Å². The molecule has 6 rings (SSSR count). The van der Waals surface area contributed by atoms with E-state index in [1.807, 2.05) is 0 Å². The number of halogens is 3. The van der Waals surface area contributed by atoms with Gasteiger partial charge in [0.15, 0.2) is 0 Å². The molecule has 0 aliphatic heterocycles. The molecule has 0 bridgehead atoms. The molecule has 58 heavy (non-hydrogen) atoms. The number of carbonyl (C=O) groups excluding carboxylic acids is 1. The topological polar surface area (TPSA) is 277 Å². The standard InChI is InChI=1S/C10H7N3O3.C10H9N3O.C6H4FNO2.C4H4N2O.CH2O3.2CH4.2ClH.2Cs.Sn.H/c14-10-7-11-5-6-12(10)8-1-3-9(4-2-8)13(15)16;11-8-1-3-9(4-2-8)13-6-5-12-7-10(13)14;7-5-1-3-6(4-2-5)8(9)10;7-4-3-5-1-2-6-4;2-1-4-3;;;;;;;;/h1-7H;1-7H,11H2;1-4H;1-3H,(H,6,7);1,3H;2*1H4;2*1H;;;;/q;;;;;;;;;2*+1;+2;-1/p-3. The van der Waals surface area contributed by atoms with Crippen LogP contribution in [0.3, 0.4) is 0 Å². The van der Waals surface area contributed by atoms with Crippen LogP contribution in [0, 0.1) is 26.0 Å². The molecule has 0 spiro atoms. The van der Waals surface area contributed by atoms with Crippen molar-refractivity contribution in [1.29, 1.82) is 0 Å². The summed E-state index contributed by atoms with van der Waals surface area (Å²) in [4.78, 5) is 76.9. The molecule has 0 aliphatic carbocycles. The smallest absolute Gasteiger partial charge is 1.00 e. The van der Waals surface area contributed by atoms with E-state index >= 15 is 0 Å². The fourth-order valence-electron chi connectivity index (χ4n) is 3.36. The van der Waals surface area contributed by atoms with Crippen LogP contribution in [0.25, 0.3) is 11.4 Å². The van der Waals surface area contributed by atoms with Crippen LogP contribution in [0.1, 0.15) is 16.3 Å². The van der Waals surface area contributed by atoms with Crippen LogP contribution < -0.4 is 165 Å². The van der Waals surface area contributed by atoms with Crippen molar-refractivity contribution in [2.45, 2.75) is 14.9 Å². The summed E-state index contributed by atoms with van der Waals surface area (Å²) in [7, 11) is 9.87. The molecule has 3 aromatic carbocycles. The van der Waals surface area contributed by atoms with Gasteiger partial charge in [0.2, 0.25) is 0 Å². The molecule has 0 aliphatic rings. The Morgan fingerprint density at radius 1 is 0.741 bits per heavy atom. The van der Waals surface area contributed by atoms with Crippen molar-refractivity contribution < 1.29 is 168 Å². The third-order valence-corrected chi connectivity index (χ3v) is 5.61. The zero-order valence-corrected chi connectivity index (χ0v) is 46.1. The van der Waals surface area contributed by atoms with Gasteiger partial charge < -0.3 is 22.3 Å². The molecule has 3 N–H and O–H groups in total. The number of non-ortho nitro benzene ring substituents is 2. The van der Waals surface area contributed by atoms with Gasteiger partial charge in [-0.15, -0.1) is 0 Å². The number of aromatic nitrogens is 6. The number of rotatable bonds is 5. The van der Waals surface area contributed by atoms with E-state index in [-0.39, 0.29) is 189 Å². The van der Waals surface area contributed by atoms with Crippen LogP contribution in [0.4, 0.5) is 21.5 Å². The molecule has 298 valence electrons. The first-order chi connectivity index (χ1) is 25.9. The molecule has 0 atom stereocenters. The molecular weight excluding hydrogens is 1160 g/mol. The van der Waals surface area contributed by atoms with Crippen LogP contribution in [0.15, 0.2) is 143 Å². The Hall–Kier alpha value is -2.26. The minimum absolute atomic E-state index is 0.